The zero-order valence-electron chi connectivity index (χ0n) is 9.12. The molecule has 0 aliphatic carbocycles. The van der Waals surface area contributed by atoms with Crippen LogP contribution in [-0.2, 0) is 5.75 Å². The van der Waals surface area contributed by atoms with Crippen LogP contribution in [0.25, 0.3) is 0 Å². The van der Waals surface area contributed by atoms with Crippen LogP contribution < -0.4 is 0 Å². The molecule has 0 aliphatic rings. The quantitative estimate of drug-likeness (QED) is 0.831. The largest absolute Gasteiger partial charge is 0.331 e. The molecular formula is C10H17BrN2S. The van der Waals surface area contributed by atoms with Crippen molar-refractivity contribution in [2.45, 2.75) is 44.7 Å². The summed E-state index contributed by atoms with van der Waals surface area (Å²) in [6.45, 7) is 8.78. The molecule has 0 N–H and O–H groups in total. The van der Waals surface area contributed by atoms with Crippen LogP contribution in [0.5, 0.6) is 0 Å². The number of nitrogens with zero attached hydrogens (tertiary/aromatic N) is 2. The van der Waals surface area contributed by atoms with E-state index in [1.165, 1.54) is 0 Å². The van der Waals surface area contributed by atoms with E-state index in [0.717, 1.165) is 16.2 Å². The molecule has 0 aliphatic heterocycles. The van der Waals surface area contributed by atoms with Crippen LogP contribution in [0.2, 0.25) is 0 Å². The minimum atomic E-state index is 0.483. The lowest BCUT2D eigenvalue weighted by Crippen LogP contribution is -2.05. The zero-order valence-corrected chi connectivity index (χ0v) is 11.5. The summed E-state index contributed by atoms with van der Waals surface area (Å²) in [5.41, 5.74) is 0. The van der Waals surface area contributed by atoms with E-state index in [2.05, 4.69) is 59.4 Å². The van der Waals surface area contributed by atoms with Crippen LogP contribution in [0.4, 0.5) is 0 Å². The van der Waals surface area contributed by atoms with Crippen LogP contribution in [0.1, 0.15) is 39.6 Å². The van der Waals surface area contributed by atoms with E-state index in [4.69, 9.17) is 0 Å². The molecule has 0 bridgehead atoms. The van der Waals surface area contributed by atoms with Crippen molar-refractivity contribution in [3.63, 3.8) is 0 Å². The lowest BCUT2D eigenvalue weighted by Gasteiger charge is -2.11. The molecule has 1 aromatic heterocycles. The molecular weight excluding hydrogens is 260 g/mol. The first-order valence-electron chi connectivity index (χ1n) is 4.85. The highest BCUT2D eigenvalue weighted by Gasteiger charge is 2.09. The van der Waals surface area contributed by atoms with E-state index < -0.39 is 0 Å². The predicted molar refractivity (Wildman–Crippen MR) is 66.7 cm³/mol. The first kappa shape index (κ1) is 12.1. The van der Waals surface area contributed by atoms with Gasteiger partial charge in [0.1, 0.15) is 10.4 Å². The molecule has 1 rings (SSSR count). The molecule has 0 saturated carbocycles. The van der Waals surface area contributed by atoms with Gasteiger partial charge in [0.05, 0.1) is 5.75 Å². The third-order valence-electron chi connectivity index (χ3n) is 1.88. The van der Waals surface area contributed by atoms with E-state index in [9.17, 15) is 0 Å². The predicted octanol–water partition coefficient (Wildman–Crippen LogP) is 3.87. The molecule has 0 aromatic carbocycles. The highest BCUT2D eigenvalue weighted by atomic mass is 79.9. The second-order valence-corrected chi connectivity index (χ2v) is 6.22. The van der Waals surface area contributed by atoms with E-state index in [1.54, 1.807) is 0 Å². The normalized spacial score (nSPS) is 11.6. The summed E-state index contributed by atoms with van der Waals surface area (Å²) in [6, 6.07) is 0.483. The highest BCUT2D eigenvalue weighted by Crippen LogP contribution is 2.21. The summed E-state index contributed by atoms with van der Waals surface area (Å²) < 4.78 is 3.16. The van der Waals surface area contributed by atoms with Gasteiger partial charge >= 0.3 is 0 Å². The summed E-state index contributed by atoms with van der Waals surface area (Å²) in [4.78, 5) is 4.46. The molecule has 80 valence electrons. The average molecular weight is 277 g/mol. The second kappa shape index (κ2) is 5.21. The molecule has 0 saturated heterocycles. The summed E-state index contributed by atoms with van der Waals surface area (Å²) in [5, 5.41) is 0.658. The molecule has 0 unspecified atom stereocenters. The third-order valence-corrected chi connectivity index (χ3v) is 3.36. The summed E-state index contributed by atoms with van der Waals surface area (Å²) in [7, 11) is 0. The van der Waals surface area contributed by atoms with Gasteiger partial charge in [-0.15, -0.1) is 0 Å². The monoisotopic (exact) mass is 276 g/mol. The lowest BCUT2D eigenvalue weighted by atomic mass is 10.4. The molecule has 1 heterocycles. The first-order valence-corrected chi connectivity index (χ1v) is 6.69. The van der Waals surface area contributed by atoms with Gasteiger partial charge in [-0.25, -0.2) is 4.98 Å². The van der Waals surface area contributed by atoms with Gasteiger partial charge in [-0.3, -0.25) is 0 Å². The Morgan fingerprint density at radius 3 is 2.57 bits per heavy atom. The van der Waals surface area contributed by atoms with E-state index in [-0.39, 0.29) is 0 Å². The molecule has 0 radical (unpaired) electrons. The molecule has 14 heavy (non-hydrogen) atoms. The average Bonchev–Trinajstić information content (AvgIpc) is 2.43. The Kier molecular flexibility index (Phi) is 4.51. The molecule has 2 nitrogen and oxygen atoms in total. The first-order chi connectivity index (χ1) is 6.50. The fourth-order valence-corrected chi connectivity index (χ4v) is 2.32. The number of imidazole rings is 1. The maximum atomic E-state index is 4.46. The van der Waals surface area contributed by atoms with Crippen molar-refractivity contribution in [1.29, 1.82) is 0 Å². The van der Waals surface area contributed by atoms with Crippen LogP contribution in [0, 0.1) is 0 Å². The number of thioether (sulfide) groups is 1. The Morgan fingerprint density at radius 2 is 2.07 bits per heavy atom. The van der Waals surface area contributed by atoms with Crippen molar-refractivity contribution in [1.82, 2.24) is 9.55 Å². The number of rotatable bonds is 4. The van der Waals surface area contributed by atoms with Crippen LogP contribution >= 0.6 is 27.7 Å². The van der Waals surface area contributed by atoms with Crippen molar-refractivity contribution < 1.29 is 0 Å². The fourth-order valence-electron chi connectivity index (χ4n) is 1.19. The van der Waals surface area contributed by atoms with Crippen LogP contribution in [-0.4, -0.2) is 14.8 Å². The maximum absolute atomic E-state index is 4.46. The maximum Gasteiger partial charge on any atom is 0.124 e. The smallest absolute Gasteiger partial charge is 0.124 e. The molecule has 0 atom stereocenters. The van der Waals surface area contributed by atoms with Gasteiger partial charge in [-0.2, -0.15) is 11.8 Å². The number of hydrogen-bond acceptors (Lipinski definition) is 2. The standard InChI is InChI=1S/C10H17BrN2S/c1-7(2)13-5-9(11)12-10(13)6-14-8(3)4/h5,7-8H,6H2,1-4H3. The van der Waals surface area contributed by atoms with E-state index >= 15 is 0 Å². The Balaban J connectivity index is 2.74. The van der Waals surface area contributed by atoms with Gasteiger partial charge in [0, 0.05) is 12.2 Å². The SMILES string of the molecule is CC(C)SCc1nc(Br)cn1C(C)C. The second-order valence-electron chi connectivity index (χ2n) is 3.84. The van der Waals surface area contributed by atoms with E-state index in [0.29, 0.717) is 11.3 Å². The Bertz CT molecular complexity index is 294. The van der Waals surface area contributed by atoms with Crippen LogP contribution in [0.3, 0.4) is 0 Å². The number of hydrogen-bond donors (Lipinski definition) is 0. The van der Waals surface area contributed by atoms with Crippen molar-refractivity contribution in [2.24, 2.45) is 0 Å². The Morgan fingerprint density at radius 1 is 1.43 bits per heavy atom. The Hall–Kier alpha value is 0.0400. The van der Waals surface area contributed by atoms with Crippen molar-refractivity contribution in [2.75, 3.05) is 0 Å². The van der Waals surface area contributed by atoms with Gasteiger partial charge in [0.2, 0.25) is 0 Å². The summed E-state index contributed by atoms with van der Waals surface area (Å²) in [5.74, 6) is 2.15. The molecule has 0 spiro atoms. The summed E-state index contributed by atoms with van der Waals surface area (Å²) in [6.07, 6.45) is 2.06. The fraction of sp³-hybridized carbons (Fsp3) is 0.700. The number of aromatic nitrogens is 2. The Labute approximate surface area is 98.6 Å². The van der Waals surface area contributed by atoms with Gasteiger partial charge in [0.25, 0.3) is 0 Å². The van der Waals surface area contributed by atoms with Crippen molar-refractivity contribution in [3.8, 4) is 0 Å². The van der Waals surface area contributed by atoms with Gasteiger partial charge < -0.3 is 4.57 Å². The highest BCUT2D eigenvalue weighted by molar-refractivity contribution is 9.10. The minimum absolute atomic E-state index is 0.483. The van der Waals surface area contributed by atoms with Gasteiger partial charge in [0.15, 0.2) is 0 Å². The summed E-state index contributed by atoms with van der Waals surface area (Å²) >= 11 is 5.34. The van der Waals surface area contributed by atoms with Gasteiger partial charge in [-0.05, 0) is 35.0 Å². The number of halogens is 1. The van der Waals surface area contributed by atoms with Gasteiger partial charge in [-0.1, -0.05) is 13.8 Å². The molecule has 0 fully saturated rings. The third kappa shape index (κ3) is 3.31. The minimum Gasteiger partial charge on any atom is -0.331 e. The van der Waals surface area contributed by atoms with Crippen LogP contribution in [0.15, 0.2) is 10.8 Å². The molecule has 4 heteroatoms. The zero-order chi connectivity index (χ0) is 10.7. The molecule has 1 aromatic rings. The lowest BCUT2D eigenvalue weighted by molar-refractivity contribution is 0.580. The van der Waals surface area contributed by atoms with Crippen molar-refractivity contribution in [3.05, 3.63) is 16.6 Å². The van der Waals surface area contributed by atoms with E-state index in [1.807, 2.05) is 11.8 Å². The van der Waals surface area contributed by atoms with Crippen molar-refractivity contribution >= 4 is 27.7 Å². The topological polar surface area (TPSA) is 17.8 Å². The molecule has 0 amide bonds.